The highest BCUT2D eigenvalue weighted by Gasteiger charge is 2.38. The second-order valence-electron chi connectivity index (χ2n) is 3.82. The van der Waals surface area contributed by atoms with Crippen LogP contribution in [0.2, 0.25) is 0 Å². The van der Waals surface area contributed by atoms with E-state index in [-0.39, 0.29) is 5.78 Å². The topological polar surface area (TPSA) is 17.1 Å². The van der Waals surface area contributed by atoms with Crippen molar-refractivity contribution in [2.24, 2.45) is 11.8 Å². The molecule has 0 aromatic carbocycles. The first-order valence-electron chi connectivity index (χ1n) is 4.44. The number of rotatable bonds is 0. The Bertz CT molecular complexity index is 178. The molecule has 0 saturated heterocycles. The zero-order valence-corrected chi connectivity index (χ0v) is 6.55. The van der Waals surface area contributed by atoms with Crippen molar-refractivity contribution < 1.29 is 9.18 Å². The summed E-state index contributed by atoms with van der Waals surface area (Å²) in [4.78, 5) is 11.0. The van der Waals surface area contributed by atoms with Gasteiger partial charge in [-0.05, 0) is 24.7 Å². The van der Waals surface area contributed by atoms with Crippen LogP contribution in [0, 0.1) is 11.8 Å². The number of alkyl halides is 1. The summed E-state index contributed by atoms with van der Waals surface area (Å²) < 4.78 is 12.9. The molecule has 0 bridgehead atoms. The lowest BCUT2D eigenvalue weighted by Gasteiger charge is -2.26. The highest BCUT2D eigenvalue weighted by molar-refractivity contribution is 5.84. The third-order valence-electron chi connectivity index (χ3n) is 3.14. The minimum Gasteiger partial charge on any atom is -0.296 e. The zero-order valence-electron chi connectivity index (χ0n) is 6.55. The Kier molecular flexibility index (Phi) is 1.70. The van der Waals surface area contributed by atoms with Gasteiger partial charge in [0, 0.05) is 6.42 Å². The summed E-state index contributed by atoms with van der Waals surface area (Å²) in [6, 6.07) is 0. The van der Waals surface area contributed by atoms with Gasteiger partial charge in [0.15, 0.2) is 12.0 Å². The van der Waals surface area contributed by atoms with Gasteiger partial charge >= 0.3 is 0 Å². The van der Waals surface area contributed by atoms with Gasteiger partial charge < -0.3 is 0 Å². The lowest BCUT2D eigenvalue weighted by Crippen LogP contribution is -2.30. The van der Waals surface area contributed by atoms with Crippen LogP contribution in [0.1, 0.15) is 32.1 Å². The second kappa shape index (κ2) is 2.58. The third kappa shape index (κ3) is 1.19. The molecule has 2 heteroatoms. The number of halogens is 1. The van der Waals surface area contributed by atoms with Crippen LogP contribution >= 0.6 is 0 Å². The molecule has 2 aliphatic carbocycles. The van der Waals surface area contributed by atoms with Gasteiger partial charge in [-0.2, -0.15) is 0 Å². The largest absolute Gasteiger partial charge is 0.296 e. The summed E-state index contributed by atoms with van der Waals surface area (Å²) in [7, 11) is 0. The monoisotopic (exact) mass is 156 g/mol. The smallest absolute Gasteiger partial charge is 0.167 e. The fraction of sp³-hybridized carbons (Fsp3) is 0.889. The van der Waals surface area contributed by atoms with Crippen LogP contribution in [0.5, 0.6) is 0 Å². The first kappa shape index (κ1) is 7.26. The summed E-state index contributed by atoms with van der Waals surface area (Å²) in [5, 5.41) is 0. The molecule has 0 heterocycles. The van der Waals surface area contributed by atoms with Gasteiger partial charge in [0.1, 0.15) is 0 Å². The van der Waals surface area contributed by atoms with E-state index in [1.54, 1.807) is 0 Å². The van der Waals surface area contributed by atoms with E-state index < -0.39 is 6.17 Å². The van der Waals surface area contributed by atoms with E-state index in [1.807, 2.05) is 0 Å². The Morgan fingerprint density at radius 2 is 2.00 bits per heavy atom. The Morgan fingerprint density at radius 1 is 1.27 bits per heavy atom. The number of Topliss-reactive ketones (excluding diaryl/α,β-unsaturated/α-hetero) is 1. The quantitative estimate of drug-likeness (QED) is 0.525. The Hall–Kier alpha value is -0.400. The molecule has 11 heavy (non-hydrogen) atoms. The lowest BCUT2D eigenvalue weighted by molar-refractivity contribution is -0.128. The van der Waals surface area contributed by atoms with Crippen molar-refractivity contribution in [2.45, 2.75) is 38.3 Å². The average Bonchev–Trinajstić information content (AvgIpc) is 2.36. The first-order valence-corrected chi connectivity index (χ1v) is 4.44. The van der Waals surface area contributed by atoms with Crippen molar-refractivity contribution in [3.05, 3.63) is 0 Å². The Labute approximate surface area is 66.0 Å². The van der Waals surface area contributed by atoms with E-state index in [9.17, 15) is 9.18 Å². The molecular weight excluding hydrogens is 143 g/mol. The van der Waals surface area contributed by atoms with Gasteiger partial charge in [-0.3, -0.25) is 4.79 Å². The molecule has 3 unspecified atom stereocenters. The maximum atomic E-state index is 12.9. The lowest BCUT2D eigenvalue weighted by atomic mass is 9.80. The molecule has 0 N–H and O–H groups in total. The van der Waals surface area contributed by atoms with Gasteiger partial charge in [0.25, 0.3) is 0 Å². The van der Waals surface area contributed by atoms with E-state index in [0.717, 1.165) is 12.8 Å². The van der Waals surface area contributed by atoms with Crippen molar-refractivity contribution in [1.29, 1.82) is 0 Å². The number of carbonyl (C=O) groups excluding carboxylic acids is 1. The van der Waals surface area contributed by atoms with E-state index in [2.05, 4.69) is 0 Å². The molecular formula is C9H13FO. The van der Waals surface area contributed by atoms with Crippen LogP contribution in [0.3, 0.4) is 0 Å². The minimum absolute atomic E-state index is 0.145. The van der Waals surface area contributed by atoms with Crippen molar-refractivity contribution in [3.63, 3.8) is 0 Å². The highest BCUT2D eigenvalue weighted by atomic mass is 19.1. The SMILES string of the molecule is O=C1CC2CCCC2CC1F. The molecule has 0 amide bonds. The molecule has 0 spiro atoms. The molecule has 2 saturated carbocycles. The summed E-state index contributed by atoms with van der Waals surface area (Å²) >= 11 is 0. The van der Waals surface area contributed by atoms with Crippen LogP contribution in [-0.4, -0.2) is 12.0 Å². The van der Waals surface area contributed by atoms with Crippen molar-refractivity contribution >= 4 is 5.78 Å². The van der Waals surface area contributed by atoms with E-state index >= 15 is 0 Å². The van der Waals surface area contributed by atoms with Gasteiger partial charge in [0.2, 0.25) is 0 Å². The van der Waals surface area contributed by atoms with Crippen molar-refractivity contribution in [3.8, 4) is 0 Å². The molecule has 0 aliphatic heterocycles. The number of fused-ring (bicyclic) bond motifs is 1. The number of hydrogen-bond acceptors (Lipinski definition) is 1. The number of ketones is 1. The third-order valence-corrected chi connectivity index (χ3v) is 3.14. The predicted molar refractivity (Wildman–Crippen MR) is 40.0 cm³/mol. The molecule has 2 aliphatic rings. The number of carbonyl (C=O) groups is 1. The summed E-state index contributed by atoms with van der Waals surface area (Å²) in [6.45, 7) is 0. The maximum Gasteiger partial charge on any atom is 0.167 e. The highest BCUT2D eigenvalue weighted by Crippen LogP contribution is 2.41. The zero-order chi connectivity index (χ0) is 7.84. The summed E-state index contributed by atoms with van der Waals surface area (Å²) in [6.07, 6.45) is 3.42. The van der Waals surface area contributed by atoms with Crippen LogP contribution in [-0.2, 0) is 4.79 Å². The Balaban J connectivity index is 2.06. The van der Waals surface area contributed by atoms with Gasteiger partial charge in [-0.15, -0.1) is 0 Å². The number of hydrogen-bond donors (Lipinski definition) is 0. The molecule has 2 rings (SSSR count). The van der Waals surface area contributed by atoms with Crippen LogP contribution < -0.4 is 0 Å². The normalized spacial score (nSPS) is 44.1. The second-order valence-corrected chi connectivity index (χ2v) is 3.82. The van der Waals surface area contributed by atoms with Crippen LogP contribution in [0.15, 0.2) is 0 Å². The van der Waals surface area contributed by atoms with Gasteiger partial charge in [-0.25, -0.2) is 4.39 Å². The average molecular weight is 156 g/mol. The molecule has 3 atom stereocenters. The Morgan fingerprint density at radius 3 is 2.82 bits per heavy atom. The van der Waals surface area contributed by atoms with E-state index in [1.165, 1.54) is 6.42 Å². The van der Waals surface area contributed by atoms with Crippen LogP contribution in [0.4, 0.5) is 4.39 Å². The standard InChI is InChI=1S/C9H13FO/c10-8-4-6-2-1-3-7(6)5-9(8)11/h6-8H,1-5H2. The predicted octanol–water partition coefficient (Wildman–Crippen LogP) is 2.10. The fourth-order valence-electron chi connectivity index (χ4n) is 2.48. The van der Waals surface area contributed by atoms with Crippen molar-refractivity contribution in [1.82, 2.24) is 0 Å². The van der Waals surface area contributed by atoms with E-state index in [0.29, 0.717) is 24.7 Å². The molecule has 0 aromatic rings. The van der Waals surface area contributed by atoms with Crippen LogP contribution in [0.25, 0.3) is 0 Å². The first-order chi connectivity index (χ1) is 5.27. The molecule has 0 radical (unpaired) electrons. The maximum absolute atomic E-state index is 12.9. The summed E-state index contributed by atoms with van der Waals surface area (Å²) in [5.74, 6) is 0.922. The van der Waals surface area contributed by atoms with Gasteiger partial charge in [0.05, 0.1) is 0 Å². The molecule has 0 aromatic heterocycles. The summed E-state index contributed by atoms with van der Waals surface area (Å²) in [5.41, 5.74) is 0. The van der Waals surface area contributed by atoms with Crippen molar-refractivity contribution in [2.75, 3.05) is 0 Å². The van der Waals surface area contributed by atoms with E-state index in [4.69, 9.17) is 0 Å². The molecule has 62 valence electrons. The molecule has 1 nitrogen and oxygen atoms in total. The fourth-order valence-corrected chi connectivity index (χ4v) is 2.48. The van der Waals surface area contributed by atoms with Gasteiger partial charge in [-0.1, -0.05) is 12.8 Å². The molecule has 2 fully saturated rings. The minimum atomic E-state index is -1.13.